The number of carboxylic acids is 1. The van der Waals surface area contributed by atoms with Crippen molar-refractivity contribution in [2.24, 2.45) is 11.8 Å². The van der Waals surface area contributed by atoms with Gasteiger partial charge in [-0.2, -0.15) is 5.10 Å². The Balaban J connectivity index is 1.22. The van der Waals surface area contributed by atoms with Gasteiger partial charge in [-0.05, 0) is 92.8 Å². The zero-order valence-electron chi connectivity index (χ0n) is 25.0. The Morgan fingerprint density at radius 1 is 1.05 bits per heavy atom. The lowest BCUT2D eigenvalue weighted by atomic mass is 9.87. The van der Waals surface area contributed by atoms with Crippen molar-refractivity contribution in [1.82, 2.24) is 20.0 Å². The number of likely N-dealkylation sites (tertiary alicyclic amines) is 1. The van der Waals surface area contributed by atoms with Crippen LogP contribution in [0, 0.1) is 23.5 Å². The van der Waals surface area contributed by atoms with Crippen molar-refractivity contribution in [2.75, 3.05) is 19.6 Å². The van der Waals surface area contributed by atoms with Crippen LogP contribution in [0.3, 0.4) is 0 Å². The van der Waals surface area contributed by atoms with E-state index in [1.165, 1.54) is 23.4 Å². The molecular formula is C34H44F2N4O2. The number of aromatic nitrogens is 2. The fourth-order valence-electron chi connectivity index (χ4n) is 7.13. The van der Waals surface area contributed by atoms with Crippen LogP contribution in [0.4, 0.5) is 8.78 Å². The van der Waals surface area contributed by atoms with Gasteiger partial charge in [0.1, 0.15) is 6.04 Å². The number of hydrogen-bond acceptors (Lipinski definition) is 4. The van der Waals surface area contributed by atoms with Crippen LogP contribution in [-0.4, -0.2) is 57.5 Å². The Morgan fingerprint density at radius 2 is 1.79 bits per heavy atom. The predicted molar refractivity (Wildman–Crippen MR) is 161 cm³/mol. The van der Waals surface area contributed by atoms with Crippen molar-refractivity contribution < 1.29 is 18.7 Å². The van der Waals surface area contributed by atoms with E-state index >= 15 is 0 Å². The molecule has 5 rings (SSSR count). The van der Waals surface area contributed by atoms with Crippen LogP contribution < -0.4 is 5.32 Å². The molecule has 8 heteroatoms. The normalized spacial score (nSPS) is 22.6. The van der Waals surface area contributed by atoms with Crippen molar-refractivity contribution in [3.8, 4) is 0 Å². The first-order chi connectivity index (χ1) is 20.2. The molecule has 2 fully saturated rings. The fourth-order valence-corrected chi connectivity index (χ4v) is 7.13. The SMILES string of the molecule is CCn1nc(Cc2ccc(F)c(F)c2)cc1C1CCN(CC2CC(NC(C(=O)O)C(C)C)CC2c2ccccc2)CC1. The van der Waals surface area contributed by atoms with Crippen LogP contribution in [0.25, 0.3) is 0 Å². The van der Waals surface area contributed by atoms with E-state index in [1.54, 1.807) is 6.07 Å². The molecule has 0 radical (unpaired) electrons. The maximum absolute atomic E-state index is 13.7. The molecule has 2 aliphatic rings. The van der Waals surface area contributed by atoms with Crippen molar-refractivity contribution in [3.63, 3.8) is 0 Å². The van der Waals surface area contributed by atoms with Gasteiger partial charge >= 0.3 is 5.97 Å². The van der Waals surface area contributed by atoms with E-state index in [2.05, 4.69) is 58.2 Å². The van der Waals surface area contributed by atoms with Gasteiger partial charge in [-0.3, -0.25) is 9.48 Å². The van der Waals surface area contributed by atoms with Gasteiger partial charge in [0.15, 0.2) is 11.6 Å². The highest BCUT2D eigenvalue weighted by Gasteiger charge is 2.39. The summed E-state index contributed by atoms with van der Waals surface area (Å²) < 4.78 is 29.2. The molecule has 1 aliphatic carbocycles. The standard InChI is InChI=1S/C34H44F2N4O2/c1-4-40-32(20-28(38-40)16-23-10-11-30(35)31(36)17-23)25-12-14-39(15-13-25)21-26-18-27(37-33(22(2)3)34(41)42)19-29(26)24-8-6-5-7-9-24/h5-11,17,20,22,25-27,29,33,37H,4,12-16,18-19,21H2,1-3H3,(H,41,42). The van der Waals surface area contributed by atoms with Gasteiger partial charge in [0.2, 0.25) is 0 Å². The molecular weight excluding hydrogens is 534 g/mol. The van der Waals surface area contributed by atoms with Crippen molar-refractivity contribution in [2.45, 2.75) is 83.3 Å². The third kappa shape index (κ3) is 7.09. The summed E-state index contributed by atoms with van der Waals surface area (Å²) in [6.45, 7) is 9.83. The van der Waals surface area contributed by atoms with E-state index in [1.807, 2.05) is 13.8 Å². The van der Waals surface area contributed by atoms with Crippen LogP contribution in [0.2, 0.25) is 0 Å². The van der Waals surface area contributed by atoms with Gasteiger partial charge in [0.05, 0.1) is 5.69 Å². The summed E-state index contributed by atoms with van der Waals surface area (Å²) in [6, 6.07) is 16.6. The number of benzene rings is 2. The van der Waals surface area contributed by atoms with Gasteiger partial charge in [0.25, 0.3) is 0 Å². The van der Waals surface area contributed by atoms with Gasteiger partial charge in [-0.1, -0.05) is 50.2 Å². The number of halogens is 2. The fraction of sp³-hybridized carbons (Fsp3) is 0.529. The maximum atomic E-state index is 13.7. The Bertz CT molecular complexity index is 1340. The van der Waals surface area contributed by atoms with Crippen LogP contribution in [0.1, 0.15) is 80.8 Å². The molecule has 0 amide bonds. The Hall–Kier alpha value is -3.10. The number of rotatable bonds is 11. The number of nitrogens with one attached hydrogen (secondary N) is 1. The smallest absolute Gasteiger partial charge is 0.320 e. The van der Waals surface area contributed by atoms with Crippen LogP contribution in [-0.2, 0) is 17.8 Å². The van der Waals surface area contributed by atoms with Gasteiger partial charge in [-0.15, -0.1) is 0 Å². The summed E-state index contributed by atoms with van der Waals surface area (Å²) in [5.41, 5.74) is 4.18. The second-order valence-electron chi connectivity index (χ2n) is 12.5. The van der Waals surface area contributed by atoms with Gasteiger partial charge < -0.3 is 15.3 Å². The van der Waals surface area contributed by atoms with Gasteiger partial charge in [-0.25, -0.2) is 8.78 Å². The number of aryl methyl sites for hydroxylation is 1. The molecule has 2 N–H and O–H groups in total. The molecule has 6 nitrogen and oxygen atoms in total. The number of nitrogens with zero attached hydrogens (tertiary/aromatic N) is 3. The molecule has 1 saturated carbocycles. The van der Waals surface area contributed by atoms with E-state index in [0.29, 0.717) is 24.2 Å². The minimum atomic E-state index is -0.829. The lowest BCUT2D eigenvalue weighted by molar-refractivity contribution is -0.140. The topological polar surface area (TPSA) is 70.4 Å². The molecule has 0 spiro atoms. The first-order valence-corrected chi connectivity index (χ1v) is 15.5. The van der Waals surface area contributed by atoms with E-state index in [0.717, 1.165) is 63.1 Å². The lowest BCUT2D eigenvalue weighted by Crippen LogP contribution is -2.46. The van der Waals surface area contributed by atoms with E-state index in [-0.39, 0.29) is 12.0 Å². The number of carbonyl (C=O) groups is 1. The summed E-state index contributed by atoms with van der Waals surface area (Å²) >= 11 is 0. The Morgan fingerprint density at radius 3 is 2.43 bits per heavy atom. The number of carboxylic acid groups (broad SMARTS) is 1. The monoisotopic (exact) mass is 578 g/mol. The number of aliphatic carboxylic acids is 1. The molecule has 4 unspecified atom stereocenters. The van der Waals surface area contributed by atoms with Crippen LogP contribution in [0.5, 0.6) is 0 Å². The van der Waals surface area contributed by atoms with Crippen molar-refractivity contribution in [1.29, 1.82) is 0 Å². The molecule has 2 aromatic carbocycles. The molecule has 4 atom stereocenters. The lowest BCUT2D eigenvalue weighted by Gasteiger charge is -2.35. The minimum Gasteiger partial charge on any atom is -0.480 e. The molecule has 0 bridgehead atoms. The average Bonchev–Trinajstić information content (AvgIpc) is 3.58. The average molecular weight is 579 g/mol. The highest BCUT2D eigenvalue weighted by molar-refractivity contribution is 5.73. The van der Waals surface area contributed by atoms with Crippen LogP contribution >= 0.6 is 0 Å². The molecule has 226 valence electrons. The number of piperidine rings is 1. The molecule has 3 aromatic rings. The first-order valence-electron chi connectivity index (χ1n) is 15.5. The number of hydrogen-bond donors (Lipinski definition) is 2. The summed E-state index contributed by atoms with van der Waals surface area (Å²) in [5.74, 6) is -1.11. The summed E-state index contributed by atoms with van der Waals surface area (Å²) in [4.78, 5) is 14.5. The third-order valence-electron chi connectivity index (χ3n) is 9.30. The summed E-state index contributed by atoms with van der Waals surface area (Å²) in [7, 11) is 0. The summed E-state index contributed by atoms with van der Waals surface area (Å²) in [6.07, 6.45) is 4.52. The zero-order chi connectivity index (χ0) is 29.8. The van der Waals surface area contributed by atoms with E-state index < -0.39 is 23.6 Å². The van der Waals surface area contributed by atoms with Gasteiger partial charge in [0, 0.05) is 37.2 Å². The quantitative estimate of drug-likeness (QED) is 0.283. The van der Waals surface area contributed by atoms with Crippen LogP contribution in [0.15, 0.2) is 54.6 Å². The minimum absolute atomic E-state index is 0.0321. The molecule has 42 heavy (non-hydrogen) atoms. The second-order valence-corrected chi connectivity index (χ2v) is 12.5. The zero-order valence-corrected chi connectivity index (χ0v) is 25.0. The third-order valence-corrected chi connectivity index (χ3v) is 9.30. The maximum Gasteiger partial charge on any atom is 0.320 e. The van der Waals surface area contributed by atoms with E-state index in [4.69, 9.17) is 5.10 Å². The van der Waals surface area contributed by atoms with Crippen molar-refractivity contribution in [3.05, 3.63) is 88.7 Å². The Kier molecular flexibility index (Phi) is 9.74. The summed E-state index contributed by atoms with van der Waals surface area (Å²) in [5, 5.41) is 18.0. The van der Waals surface area contributed by atoms with Crippen molar-refractivity contribution >= 4 is 5.97 Å². The molecule has 1 aliphatic heterocycles. The molecule has 1 saturated heterocycles. The highest BCUT2D eigenvalue weighted by Crippen LogP contribution is 2.41. The molecule has 2 heterocycles. The predicted octanol–water partition coefficient (Wildman–Crippen LogP) is 6.21. The first kappa shape index (κ1) is 30.4. The highest BCUT2D eigenvalue weighted by atomic mass is 19.2. The largest absolute Gasteiger partial charge is 0.480 e. The second kappa shape index (κ2) is 13.5. The van der Waals surface area contributed by atoms with E-state index in [9.17, 15) is 18.7 Å². The Labute approximate surface area is 248 Å². The molecule has 1 aromatic heterocycles.